The summed E-state index contributed by atoms with van der Waals surface area (Å²) in [6, 6.07) is 25.9. The monoisotopic (exact) mass is 546 g/mol. The van der Waals surface area contributed by atoms with Gasteiger partial charge in [-0.3, -0.25) is 9.10 Å². The summed E-state index contributed by atoms with van der Waals surface area (Å²) in [7, 11) is -4.25. The lowest BCUT2D eigenvalue weighted by atomic mass is 9.97. The Morgan fingerprint density at radius 3 is 2.28 bits per heavy atom. The Morgan fingerprint density at radius 1 is 0.872 bits per heavy atom. The maximum absolute atomic E-state index is 13.9. The summed E-state index contributed by atoms with van der Waals surface area (Å²) in [5, 5.41) is 3.00. The van der Waals surface area contributed by atoms with Crippen LogP contribution in [0.3, 0.4) is 0 Å². The first-order chi connectivity index (χ1) is 18.8. The van der Waals surface area contributed by atoms with Crippen molar-refractivity contribution in [3.05, 3.63) is 120 Å². The van der Waals surface area contributed by atoms with Crippen LogP contribution in [0.5, 0.6) is 11.5 Å². The van der Waals surface area contributed by atoms with E-state index in [1.807, 2.05) is 61.5 Å². The van der Waals surface area contributed by atoms with Crippen molar-refractivity contribution < 1.29 is 27.1 Å². The van der Waals surface area contributed by atoms with Gasteiger partial charge in [0.1, 0.15) is 25.6 Å². The highest BCUT2D eigenvalue weighted by molar-refractivity contribution is 7.92. The zero-order chi connectivity index (χ0) is 27.4. The molecule has 1 aliphatic heterocycles. The van der Waals surface area contributed by atoms with Crippen LogP contribution in [0.25, 0.3) is 0 Å². The first-order valence-corrected chi connectivity index (χ1v) is 13.8. The number of nitrogens with one attached hydrogen (secondary N) is 1. The summed E-state index contributed by atoms with van der Waals surface area (Å²) < 4.78 is 53.5. The van der Waals surface area contributed by atoms with Gasteiger partial charge in [0.2, 0.25) is 5.91 Å². The van der Waals surface area contributed by atoms with Crippen LogP contribution in [0.1, 0.15) is 22.7 Å². The molecular weight excluding hydrogens is 519 g/mol. The van der Waals surface area contributed by atoms with E-state index in [1.165, 1.54) is 30.3 Å². The molecule has 1 atom stereocenters. The standard InChI is InChI=1S/C30H27FN2O5S/c1-21-6-5-9-23(18-21)30(22-7-3-2-4-8-22)32-29(34)20-33(25-12-10-24(31)11-13-25)39(35,36)26-14-15-27-28(19-26)38-17-16-37-27/h2-15,18-19,30H,16-17,20H2,1H3,(H,32,34). The number of aryl methyl sites for hydroxylation is 1. The van der Waals surface area contributed by atoms with Crippen molar-refractivity contribution in [2.75, 3.05) is 24.1 Å². The third-order valence-corrected chi connectivity index (χ3v) is 8.09. The summed E-state index contributed by atoms with van der Waals surface area (Å²) in [6.07, 6.45) is 0. The Bertz CT molecular complexity index is 1580. The van der Waals surface area contributed by atoms with Crippen LogP contribution in [0.4, 0.5) is 10.1 Å². The number of amides is 1. The van der Waals surface area contributed by atoms with E-state index < -0.39 is 34.3 Å². The van der Waals surface area contributed by atoms with Crippen LogP contribution in [-0.4, -0.2) is 34.1 Å². The number of ether oxygens (including phenoxy) is 2. The van der Waals surface area contributed by atoms with Crippen LogP contribution >= 0.6 is 0 Å². The Kier molecular flexibility index (Phi) is 7.51. The van der Waals surface area contributed by atoms with Gasteiger partial charge in [-0.05, 0) is 54.4 Å². The number of carbonyl (C=O) groups excluding carboxylic acids is 1. The van der Waals surface area contributed by atoms with Crippen LogP contribution in [0.15, 0.2) is 102 Å². The fourth-order valence-corrected chi connectivity index (χ4v) is 5.86. The first-order valence-electron chi connectivity index (χ1n) is 12.4. The van der Waals surface area contributed by atoms with Gasteiger partial charge in [-0.2, -0.15) is 0 Å². The normalized spacial score (nSPS) is 13.4. The molecule has 0 aromatic heterocycles. The molecular formula is C30H27FN2O5S. The van der Waals surface area contributed by atoms with Gasteiger partial charge in [0.25, 0.3) is 10.0 Å². The minimum absolute atomic E-state index is 0.0813. The molecule has 1 aliphatic rings. The number of fused-ring (bicyclic) bond motifs is 1. The molecule has 7 nitrogen and oxygen atoms in total. The SMILES string of the molecule is Cc1cccc(C(NC(=O)CN(c2ccc(F)cc2)S(=O)(=O)c2ccc3c(c2)OCCO3)c2ccccc2)c1. The van der Waals surface area contributed by atoms with Crippen molar-refractivity contribution >= 4 is 21.6 Å². The number of carbonyl (C=O) groups is 1. The highest BCUT2D eigenvalue weighted by Crippen LogP contribution is 2.34. The number of halogens is 1. The van der Waals surface area contributed by atoms with Crippen molar-refractivity contribution in [3.8, 4) is 11.5 Å². The Balaban J connectivity index is 1.48. The average Bonchev–Trinajstić information content (AvgIpc) is 2.95. The fraction of sp³-hybridized carbons (Fsp3) is 0.167. The minimum atomic E-state index is -4.25. The number of hydrogen-bond acceptors (Lipinski definition) is 5. The van der Waals surface area contributed by atoms with E-state index >= 15 is 0 Å². The minimum Gasteiger partial charge on any atom is -0.486 e. The van der Waals surface area contributed by atoms with E-state index in [9.17, 15) is 17.6 Å². The van der Waals surface area contributed by atoms with Crippen LogP contribution in [-0.2, 0) is 14.8 Å². The third-order valence-electron chi connectivity index (χ3n) is 6.32. The van der Waals surface area contributed by atoms with E-state index in [1.54, 1.807) is 0 Å². The molecule has 1 unspecified atom stereocenters. The molecule has 200 valence electrons. The fourth-order valence-electron chi connectivity index (χ4n) is 4.43. The third kappa shape index (κ3) is 5.88. The van der Waals surface area contributed by atoms with Gasteiger partial charge in [0.05, 0.1) is 16.6 Å². The van der Waals surface area contributed by atoms with Gasteiger partial charge in [-0.15, -0.1) is 0 Å². The Morgan fingerprint density at radius 2 is 1.56 bits per heavy atom. The molecule has 0 saturated carbocycles. The molecule has 0 saturated heterocycles. The van der Waals surface area contributed by atoms with Crippen LogP contribution in [0, 0.1) is 12.7 Å². The highest BCUT2D eigenvalue weighted by Gasteiger charge is 2.30. The van der Waals surface area contributed by atoms with Gasteiger partial charge in [-0.25, -0.2) is 12.8 Å². The number of sulfonamides is 1. The predicted octanol–water partition coefficient (Wildman–Crippen LogP) is 5.01. The Labute approximate surface area is 226 Å². The predicted molar refractivity (Wildman–Crippen MR) is 146 cm³/mol. The molecule has 0 radical (unpaired) electrons. The molecule has 39 heavy (non-hydrogen) atoms. The van der Waals surface area contributed by atoms with E-state index in [0.717, 1.165) is 33.1 Å². The van der Waals surface area contributed by atoms with Gasteiger partial charge in [-0.1, -0.05) is 60.2 Å². The largest absolute Gasteiger partial charge is 0.486 e. The molecule has 1 heterocycles. The number of rotatable bonds is 8. The first kappa shape index (κ1) is 26.2. The van der Waals surface area contributed by atoms with Crippen LogP contribution < -0.4 is 19.1 Å². The quantitative estimate of drug-likeness (QED) is 0.336. The van der Waals surface area contributed by atoms with Crippen molar-refractivity contribution in [1.82, 2.24) is 5.32 Å². The number of anilines is 1. The zero-order valence-electron chi connectivity index (χ0n) is 21.2. The average molecular weight is 547 g/mol. The highest BCUT2D eigenvalue weighted by atomic mass is 32.2. The van der Waals surface area contributed by atoms with Gasteiger partial charge < -0.3 is 14.8 Å². The second-order valence-corrected chi connectivity index (χ2v) is 11.0. The molecule has 0 aliphatic carbocycles. The second-order valence-electron chi connectivity index (χ2n) is 9.12. The summed E-state index contributed by atoms with van der Waals surface area (Å²) in [5.74, 6) is -0.316. The van der Waals surface area contributed by atoms with Gasteiger partial charge in [0.15, 0.2) is 11.5 Å². The van der Waals surface area contributed by atoms with Gasteiger partial charge >= 0.3 is 0 Å². The van der Waals surface area contributed by atoms with Crippen molar-refractivity contribution in [3.63, 3.8) is 0 Å². The molecule has 9 heteroatoms. The summed E-state index contributed by atoms with van der Waals surface area (Å²) >= 11 is 0. The van der Waals surface area contributed by atoms with Crippen LogP contribution in [0.2, 0.25) is 0 Å². The molecule has 0 spiro atoms. The number of benzene rings is 4. The smallest absolute Gasteiger partial charge is 0.264 e. The molecule has 0 bridgehead atoms. The summed E-state index contributed by atoms with van der Waals surface area (Å²) in [4.78, 5) is 13.4. The number of hydrogen-bond donors (Lipinski definition) is 1. The van der Waals surface area contributed by atoms with Crippen molar-refractivity contribution in [1.29, 1.82) is 0 Å². The molecule has 1 N–H and O–H groups in total. The lowest BCUT2D eigenvalue weighted by Crippen LogP contribution is -2.42. The second kappa shape index (κ2) is 11.2. The lowest BCUT2D eigenvalue weighted by molar-refractivity contribution is -0.120. The summed E-state index contributed by atoms with van der Waals surface area (Å²) in [5.41, 5.74) is 2.88. The van der Waals surface area contributed by atoms with E-state index in [-0.39, 0.29) is 10.6 Å². The number of nitrogens with zero attached hydrogens (tertiary/aromatic N) is 1. The molecule has 0 fully saturated rings. The zero-order valence-corrected chi connectivity index (χ0v) is 22.0. The molecule has 5 rings (SSSR count). The molecule has 1 amide bonds. The molecule has 4 aromatic rings. The van der Waals surface area contributed by atoms with Crippen molar-refractivity contribution in [2.24, 2.45) is 0 Å². The van der Waals surface area contributed by atoms with E-state index in [0.29, 0.717) is 24.7 Å². The topological polar surface area (TPSA) is 84.9 Å². The Hall–Kier alpha value is -4.37. The molecule has 4 aromatic carbocycles. The van der Waals surface area contributed by atoms with E-state index in [4.69, 9.17) is 9.47 Å². The van der Waals surface area contributed by atoms with Gasteiger partial charge in [0, 0.05) is 6.07 Å². The van der Waals surface area contributed by atoms with E-state index in [2.05, 4.69) is 5.32 Å². The maximum Gasteiger partial charge on any atom is 0.264 e. The van der Waals surface area contributed by atoms with Crippen molar-refractivity contribution in [2.45, 2.75) is 17.9 Å². The lowest BCUT2D eigenvalue weighted by Gasteiger charge is -2.27. The maximum atomic E-state index is 13.9. The summed E-state index contributed by atoms with van der Waals surface area (Å²) in [6.45, 7) is 2.09.